The van der Waals surface area contributed by atoms with Gasteiger partial charge in [0.2, 0.25) is 0 Å². The second-order valence-corrected chi connectivity index (χ2v) is 9.59. The predicted molar refractivity (Wildman–Crippen MR) is 111 cm³/mol. The summed E-state index contributed by atoms with van der Waals surface area (Å²) in [6, 6.07) is 1.25. The van der Waals surface area contributed by atoms with Crippen LogP contribution in [0, 0.1) is 0 Å². The molecule has 2 aliphatic heterocycles. The maximum absolute atomic E-state index is 12.8. The largest absolute Gasteiger partial charge is 0.573 e. The number of anilines is 1. The molecule has 8 nitrogen and oxygen atoms in total. The summed E-state index contributed by atoms with van der Waals surface area (Å²) in [7, 11) is 0. The average molecular weight is 465 g/mol. The molecule has 11 heteroatoms. The molecule has 3 aliphatic carbocycles. The number of hydrogen-bond donors (Lipinski definition) is 1. The Balaban J connectivity index is 1.31. The van der Waals surface area contributed by atoms with Gasteiger partial charge in [-0.1, -0.05) is 0 Å². The minimum atomic E-state index is -4.85. The van der Waals surface area contributed by atoms with Gasteiger partial charge in [0, 0.05) is 43.2 Å². The summed E-state index contributed by atoms with van der Waals surface area (Å²) in [6.07, 6.45) is 3.36. The Morgan fingerprint density at radius 3 is 2.55 bits per heavy atom. The number of aromatic nitrogens is 3. The van der Waals surface area contributed by atoms with Crippen LogP contribution >= 0.6 is 0 Å². The summed E-state index contributed by atoms with van der Waals surface area (Å²) in [4.78, 5) is 11.3. The Morgan fingerprint density at radius 2 is 1.88 bits per heavy atom. The molecule has 5 fully saturated rings. The Bertz CT molecular complexity index is 1040. The molecule has 0 spiro atoms. The zero-order chi connectivity index (χ0) is 22.8. The maximum Gasteiger partial charge on any atom is 0.573 e. The van der Waals surface area contributed by atoms with E-state index in [1.54, 1.807) is 0 Å². The van der Waals surface area contributed by atoms with Crippen LogP contribution in [-0.2, 0) is 15.0 Å². The van der Waals surface area contributed by atoms with Gasteiger partial charge in [0.25, 0.3) is 0 Å². The van der Waals surface area contributed by atoms with Crippen molar-refractivity contribution in [3.8, 4) is 17.0 Å². The molecule has 3 saturated carbocycles. The molecule has 0 radical (unpaired) electrons. The second-order valence-electron chi connectivity index (χ2n) is 9.59. The van der Waals surface area contributed by atoms with Crippen molar-refractivity contribution in [2.24, 2.45) is 0 Å². The molecule has 2 bridgehead atoms. The van der Waals surface area contributed by atoms with Gasteiger partial charge in [0.15, 0.2) is 11.6 Å². The molecular formula is C22H26F3N5O3. The van der Waals surface area contributed by atoms with Gasteiger partial charge in [-0.2, -0.15) is 0 Å². The van der Waals surface area contributed by atoms with Crippen molar-refractivity contribution in [1.29, 1.82) is 0 Å². The number of rotatable bonds is 5. The third kappa shape index (κ3) is 3.48. The van der Waals surface area contributed by atoms with Gasteiger partial charge in [-0.25, -0.2) is 9.97 Å². The Labute approximate surface area is 188 Å². The number of pyridine rings is 1. The van der Waals surface area contributed by atoms with Crippen LogP contribution in [0.5, 0.6) is 5.75 Å². The first-order chi connectivity index (χ1) is 15.8. The molecule has 1 unspecified atom stereocenters. The van der Waals surface area contributed by atoms with Gasteiger partial charge in [-0.05, 0) is 38.2 Å². The van der Waals surface area contributed by atoms with E-state index >= 15 is 0 Å². The summed E-state index contributed by atoms with van der Waals surface area (Å²) in [5.41, 5.74) is 6.80. The molecule has 0 amide bonds. The Morgan fingerprint density at radius 1 is 1.12 bits per heavy atom. The minimum absolute atomic E-state index is 0.0165. The first-order valence-corrected chi connectivity index (χ1v) is 11.3. The average Bonchev–Trinajstić information content (AvgIpc) is 3.38. The number of nitrogens with zero attached hydrogens (tertiary/aromatic N) is 4. The molecule has 33 heavy (non-hydrogen) atoms. The fourth-order valence-corrected chi connectivity index (χ4v) is 6.03. The Kier molecular flexibility index (Phi) is 4.69. The normalized spacial score (nSPS) is 31.8. The van der Waals surface area contributed by atoms with Gasteiger partial charge in [-0.15, -0.1) is 13.2 Å². The van der Waals surface area contributed by atoms with Crippen LogP contribution in [-0.4, -0.2) is 64.2 Å². The molecular weight excluding hydrogens is 439 g/mol. The highest BCUT2D eigenvalue weighted by Gasteiger charge is 2.71. The van der Waals surface area contributed by atoms with Crippen molar-refractivity contribution in [2.45, 2.75) is 55.6 Å². The van der Waals surface area contributed by atoms with Gasteiger partial charge in [-0.3, -0.25) is 4.90 Å². The minimum Gasteiger partial charge on any atom is -0.402 e. The first kappa shape index (κ1) is 21.2. The fourth-order valence-electron chi connectivity index (χ4n) is 6.03. The van der Waals surface area contributed by atoms with E-state index in [0.29, 0.717) is 17.9 Å². The van der Waals surface area contributed by atoms with E-state index in [1.807, 2.05) is 6.20 Å². The van der Waals surface area contributed by atoms with Crippen LogP contribution in [0.25, 0.3) is 11.3 Å². The van der Waals surface area contributed by atoms with Crippen molar-refractivity contribution >= 4 is 5.82 Å². The van der Waals surface area contributed by atoms with E-state index in [1.165, 1.54) is 12.3 Å². The lowest BCUT2D eigenvalue weighted by Gasteiger charge is -2.74. The highest BCUT2D eigenvalue weighted by Crippen LogP contribution is 2.68. The van der Waals surface area contributed by atoms with Crippen molar-refractivity contribution in [3.05, 3.63) is 24.3 Å². The van der Waals surface area contributed by atoms with E-state index in [2.05, 4.69) is 19.2 Å². The number of ether oxygens (including phenoxy) is 3. The molecule has 2 saturated heterocycles. The van der Waals surface area contributed by atoms with Gasteiger partial charge < -0.3 is 24.5 Å². The van der Waals surface area contributed by atoms with Crippen LogP contribution in [0.1, 0.15) is 44.0 Å². The number of halogens is 3. The summed E-state index contributed by atoms with van der Waals surface area (Å²) in [6.45, 7) is 4.16. The van der Waals surface area contributed by atoms with Crippen LogP contribution in [0.15, 0.2) is 18.5 Å². The molecule has 7 rings (SSSR count). The van der Waals surface area contributed by atoms with Crippen LogP contribution in [0.3, 0.4) is 0 Å². The van der Waals surface area contributed by atoms with Crippen molar-refractivity contribution in [2.75, 3.05) is 38.6 Å². The van der Waals surface area contributed by atoms with Gasteiger partial charge in [0.1, 0.15) is 11.9 Å². The van der Waals surface area contributed by atoms with Crippen LogP contribution in [0.4, 0.5) is 19.0 Å². The molecule has 5 aliphatic rings. The molecule has 178 valence electrons. The predicted octanol–water partition coefficient (Wildman–Crippen LogP) is 3.24. The van der Waals surface area contributed by atoms with Crippen molar-refractivity contribution in [3.63, 3.8) is 0 Å². The smallest absolute Gasteiger partial charge is 0.402 e. The Hall–Kier alpha value is -2.37. The number of imidazole rings is 1. The SMILES string of the molecule is Nc1ncc(-c2cn(C34CC(N5CCOCC5)(C3)C4)c(C3CCCO3)n2)cc1OC(F)(F)F. The second kappa shape index (κ2) is 7.31. The van der Waals surface area contributed by atoms with Gasteiger partial charge >= 0.3 is 6.36 Å². The monoisotopic (exact) mass is 465 g/mol. The van der Waals surface area contributed by atoms with E-state index in [-0.39, 0.29) is 23.0 Å². The van der Waals surface area contributed by atoms with Crippen LogP contribution in [0.2, 0.25) is 0 Å². The third-order valence-corrected chi connectivity index (χ3v) is 7.52. The van der Waals surface area contributed by atoms with Gasteiger partial charge in [0.05, 0.1) is 24.4 Å². The molecule has 0 aromatic carbocycles. The quantitative estimate of drug-likeness (QED) is 0.725. The fraction of sp³-hybridized carbons (Fsp3) is 0.636. The number of nitrogens with two attached hydrogens (primary N) is 1. The van der Waals surface area contributed by atoms with Crippen molar-refractivity contribution < 1.29 is 27.4 Å². The van der Waals surface area contributed by atoms with Crippen molar-refractivity contribution in [1.82, 2.24) is 19.4 Å². The molecule has 2 N–H and O–H groups in total. The van der Waals surface area contributed by atoms with E-state index in [0.717, 1.165) is 64.2 Å². The lowest BCUT2D eigenvalue weighted by atomic mass is 9.43. The molecule has 1 atom stereocenters. The first-order valence-electron chi connectivity index (χ1n) is 11.3. The lowest BCUT2D eigenvalue weighted by molar-refractivity contribution is -0.274. The zero-order valence-electron chi connectivity index (χ0n) is 18.1. The molecule has 2 aromatic rings. The standard InChI is InChI=1S/C22H26F3N5O3/c23-22(24,25)33-17-8-14(9-27-18(17)26)15-10-30(19(28-15)16-2-1-5-32-16)21-11-20(12-21,13-21)29-3-6-31-7-4-29/h8-10,16H,1-7,11-13H2,(H2,26,27). The number of nitrogen functional groups attached to an aromatic ring is 1. The molecule has 4 heterocycles. The number of alkyl halides is 3. The maximum atomic E-state index is 12.8. The topological polar surface area (TPSA) is 87.7 Å². The highest BCUT2D eigenvalue weighted by molar-refractivity contribution is 5.64. The van der Waals surface area contributed by atoms with E-state index in [9.17, 15) is 13.2 Å². The highest BCUT2D eigenvalue weighted by atomic mass is 19.4. The third-order valence-electron chi connectivity index (χ3n) is 7.52. The zero-order valence-corrected chi connectivity index (χ0v) is 18.1. The van der Waals surface area contributed by atoms with E-state index in [4.69, 9.17) is 20.2 Å². The number of hydrogen-bond acceptors (Lipinski definition) is 7. The van der Waals surface area contributed by atoms with E-state index < -0.39 is 12.1 Å². The lowest BCUT2D eigenvalue weighted by Crippen LogP contribution is -2.79. The molecule has 2 aromatic heterocycles. The summed E-state index contributed by atoms with van der Waals surface area (Å²) in [5.74, 6) is -0.000346. The summed E-state index contributed by atoms with van der Waals surface area (Å²) < 4.78 is 56.1. The number of morpholine rings is 1. The van der Waals surface area contributed by atoms with Crippen LogP contribution < -0.4 is 10.5 Å². The summed E-state index contributed by atoms with van der Waals surface area (Å²) >= 11 is 0. The summed E-state index contributed by atoms with van der Waals surface area (Å²) in [5, 5.41) is 0.